The van der Waals surface area contributed by atoms with Crippen LogP contribution in [0.1, 0.15) is 55.5 Å². The zero-order valence-corrected chi connectivity index (χ0v) is 21.9. The lowest BCUT2D eigenvalue weighted by Gasteiger charge is -2.32. The molecule has 0 spiro atoms. The summed E-state index contributed by atoms with van der Waals surface area (Å²) in [6, 6.07) is 8.06. The minimum atomic E-state index is -3.85. The number of carbonyl (C=O) groups excluding carboxylic acids is 2. The number of rotatable bonds is 6. The molecule has 9 nitrogen and oxygen atoms in total. The first-order valence-electron chi connectivity index (χ1n) is 13.0. The predicted octanol–water partition coefficient (Wildman–Crippen LogP) is 2.55. The number of aromatic nitrogens is 2. The maximum absolute atomic E-state index is 13.7. The number of benzene rings is 1. The number of hydrogen-bond acceptors (Lipinski definition) is 5. The van der Waals surface area contributed by atoms with Crippen molar-refractivity contribution in [2.45, 2.75) is 76.3 Å². The summed E-state index contributed by atoms with van der Waals surface area (Å²) in [6.45, 7) is 4.51. The van der Waals surface area contributed by atoms with Gasteiger partial charge in [-0.3, -0.25) is 14.3 Å². The quantitative estimate of drug-likeness (QED) is 0.639. The molecule has 2 amide bonds. The van der Waals surface area contributed by atoms with Gasteiger partial charge in [0.15, 0.2) is 0 Å². The maximum Gasteiger partial charge on any atom is 0.248 e. The van der Waals surface area contributed by atoms with Crippen LogP contribution in [0.4, 0.5) is 5.69 Å². The average molecular weight is 514 g/mol. The molecule has 3 heterocycles. The topological polar surface area (TPSA) is 105 Å². The zero-order valence-electron chi connectivity index (χ0n) is 21.1. The number of sulfonamides is 1. The van der Waals surface area contributed by atoms with Crippen molar-refractivity contribution in [1.29, 1.82) is 0 Å². The first-order chi connectivity index (χ1) is 17.3. The number of nitrogens with one attached hydrogen (secondary N) is 1. The third-order valence-corrected chi connectivity index (χ3v) is 9.96. The number of anilines is 1. The van der Waals surface area contributed by atoms with Gasteiger partial charge in [0.1, 0.15) is 11.4 Å². The van der Waals surface area contributed by atoms with E-state index in [0.29, 0.717) is 37.3 Å². The van der Waals surface area contributed by atoms with Gasteiger partial charge in [0, 0.05) is 31.4 Å². The summed E-state index contributed by atoms with van der Waals surface area (Å²) < 4.78 is 30.3. The second-order valence-corrected chi connectivity index (χ2v) is 12.1. The monoisotopic (exact) mass is 513 g/mol. The molecule has 1 saturated carbocycles. The molecule has 5 rings (SSSR count). The Hall–Kier alpha value is -2.72. The van der Waals surface area contributed by atoms with E-state index in [1.807, 2.05) is 24.3 Å². The normalized spacial score (nSPS) is 21.1. The van der Waals surface area contributed by atoms with E-state index in [4.69, 9.17) is 0 Å². The van der Waals surface area contributed by atoms with Crippen molar-refractivity contribution in [3.63, 3.8) is 0 Å². The fraction of sp³-hybridized carbons (Fsp3) is 0.577. The van der Waals surface area contributed by atoms with E-state index in [2.05, 4.69) is 10.4 Å². The van der Waals surface area contributed by atoms with Crippen molar-refractivity contribution in [2.75, 3.05) is 24.5 Å². The van der Waals surface area contributed by atoms with Gasteiger partial charge in [-0.05, 0) is 57.6 Å². The first kappa shape index (κ1) is 25.0. The van der Waals surface area contributed by atoms with Crippen molar-refractivity contribution in [3.8, 4) is 0 Å². The summed E-state index contributed by atoms with van der Waals surface area (Å²) in [6.07, 6.45) is 6.40. The van der Waals surface area contributed by atoms with Crippen molar-refractivity contribution >= 4 is 27.5 Å². The van der Waals surface area contributed by atoms with Gasteiger partial charge in [0.25, 0.3) is 0 Å². The highest BCUT2D eigenvalue weighted by atomic mass is 32.2. The van der Waals surface area contributed by atoms with Crippen LogP contribution in [0.5, 0.6) is 0 Å². The molecule has 2 fully saturated rings. The number of fused-ring (bicyclic) bond motifs is 1. The van der Waals surface area contributed by atoms with Crippen LogP contribution in [-0.4, -0.2) is 60.0 Å². The van der Waals surface area contributed by atoms with Crippen LogP contribution < -0.4 is 10.2 Å². The summed E-state index contributed by atoms with van der Waals surface area (Å²) in [4.78, 5) is 27.9. The van der Waals surface area contributed by atoms with Gasteiger partial charge in [-0.25, -0.2) is 8.42 Å². The summed E-state index contributed by atoms with van der Waals surface area (Å²) in [5.74, 6) is -0.500. The molecule has 1 N–H and O–H groups in total. The zero-order chi connectivity index (χ0) is 25.4. The number of aryl methyl sites for hydroxylation is 1. The van der Waals surface area contributed by atoms with Crippen molar-refractivity contribution in [1.82, 2.24) is 19.4 Å². The standard InChI is InChI=1S/C26H35N5O4S/c1-18-25(19(2)31(28-18)17-24(32)30-15-13-20-8-3-6-12-23(20)30)36(34,35)29-14-7-9-21(16-29)26(33)27-22-10-4-5-11-22/h3,6,8,12,21-22H,4-5,7,9-11,13-17H2,1-2H3,(H,27,33). The Morgan fingerprint density at radius 1 is 1.06 bits per heavy atom. The molecule has 2 aliphatic heterocycles. The molecule has 1 aromatic heterocycles. The number of carbonyl (C=O) groups is 2. The number of nitrogens with zero attached hydrogens (tertiary/aromatic N) is 4. The van der Waals surface area contributed by atoms with Gasteiger partial charge in [-0.2, -0.15) is 9.40 Å². The van der Waals surface area contributed by atoms with Crippen LogP contribution in [0, 0.1) is 19.8 Å². The van der Waals surface area contributed by atoms with E-state index in [-0.39, 0.29) is 41.8 Å². The molecule has 194 valence electrons. The number of para-hydroxylation sites is 1. The molecule has 36 heavy (non-hydrogen) atoms. The molecular weight excluding hydrogens is 478 g/mol. The van der Waals surface area contributed by atoms with E-state index in [9.17, 15) is 18.0 Å². The smallest absolute Gasteiger partial charge is 0.248 e. The van der Waals surface area contributed by atoms with Crippen LogP contribution in [0.15, 0.2) is 29.2 Å². The van der Waals surface area contributed by atoms with Crippen LogP contribution >= 0.6 is 0 Å². The third-order valence-electron chi connectivity index (χ3n) is 7.84. The minimum Gasteiger partial charge on any atom is -0.353 e. The average Bonchev–Trinajstić information content (AvgIpc) is 3.59. The molecule has 0 bridgehead atoms. The van der Waals surface area contributed by atoms with Crippen molar-refractivity contribution in [3.05, 3.63) is 41.2 Å². The lowest BCUT2D eigenvalue weighted by atomic mass is 9.98. The summed E-state index contributed by atoms with van der Waals surface area (Å²) in [7, 11) is -3.85. The number of piperidine rings is 1. The molecule has 1 unspecified atom stereocenters. The summed E-state index contributed by atoms with van der Waals surface area (Å²) in [5.41, 5.74) is 2.87. The lowest BCUT2D eigenvalue weighted by molar-refractivity contribution is -0.126. The van der Waals surface area contributed by atoms with Gasteiger partial charge in [0.05, 0.1) is 17.3 Å². The Morgan fingerprint density at radius 2 is 1.81 bits per heavy atom. The van der Waals surface area contributed by atoms with E-state index in [1.54, 1.807) is 18.7 Å². The molecular formula is C26H35N5O4S. The molecule has 10 heteroatoms. The van der Waals surface area contributed by atoms with Gasteiger partial charge in [-0.15, -0.1) is 0 Å². The Kier molecular flexibility index (Phi) is 6.91. The summed E-state index contributed by atoms with van der Waals surface area (Å²) >= 11 is 0. The lowest BCUT2D eigenvalue weighted by Crippen LogP contribution is -2.47. The molecule has 0 radical (unpaired) electrons. The highest BCUT2D eigenvalue weighted by molar-refractivity contribution is 7.89. The van der Waals surface area contributed by atoms with E-state index in [0.717, 1.165) is 43.4 Å². The highest BCUT2D eigenvalue weighted by Gasteiger charge is 2.37. The third kappa shape index (κ3) is 4.68. The molecule has 1 aromatic carbocycles. The van der Waals surface area contributed by atoms with Crippen LogP contribution in [0.2, 0.25) is 0 Å². The van der Waals surface area contributed by atoms with E-state index in [1.165, 1.54) is 8.99 Å². The second-order valence-electron chi connectivity index (χ2n) is 10.3. The maximum atomic E-state index is 13.7. The molecule has 3 aliphatic rings. The van der Waals surface area contributed by atoms with E-state index < -0.39 is 10.0 Å². The molecule has 1 aliphatic carbocycles. The summed E-state index contributed by atoms with van der Waals surface area (Å²) in [5, 5.41) is 7.57. The Morgan fingerprint density at radius 3 is 2.58 bits per heavy atom. The van der Waals surface area contributed by atoms with Crippen molar-refractivity contribution < 1.29 is 18.0 Å². The van der Waals surface area contributed by atoms with Crippen LogP contribution in [-0.2, 0) is 32.6 Å². The number of hydrogen-bond donors (Lipinski definition) is 1. The Labute approximate surface area is 212 Å². The van der Waals surface area contributed by atoms with Crippen LogP contribution in [0.3, 0.4) is 0 Å². The SMILES string of the molecule is Cc1nn(CC(=O)N2CCc3ccccc32)c(C)c1S(=O)(=O)N1CCCC(C(=O)NC2CCCC2)C1. The van der Waals surface area contributed by atoms with Crippen LogP contribution in [0.25, 0.3) is 0 Å². The predicted molar refractivity (Wildman–Crippen MR) is 136 cm³/mol. The minimum absolute atomic E-state index is 0.0249. The molecule has 2 aromatic rings. The largest absolute Gasteiger partial charge is 0.353 e. The Bertz CT molecular complexity index is 1270. The van der Waals surface area contributed by atoms with Crippen molar-refractivity contribution in [2.24, 2.45) is 5.92 Å². The Balaban J connectivity index is 1.31. The molecule has 1 saturated heterocycles. The van der Waals surface area contributed by atoms with Gasteiger partial charge in [0.2, 0.25) is 21.8 Å². The fourth-order valence-corrected chi connectivity index (χ4v) is 7.81. The van der Waals surface area contributed by atoms with Gasteiger partial charge in [-0.1, -0.05) is 31.0 Å². The second kappa shape index (κ2) is 9.97. The molecule has 1 atom stereocenters. The van der Waals surface area contributed by atoms with Gasteiger partial charge >= 0.3 is 0 Å². The number of amides is 2. The first-order valence-corrected chi connectivity index (χ1v) is 14.4. The highest BCUT2D eigenvalue weighted by Crippen LogP contribution is 2.30. The van der Waals surface area contributed by atoms with E-state index >= 15 is 0 Å². The van der Waals surface area contributed by atoms with Gasteiger partial charge < -0.3 is 10.2 Å². The fourth-order valence-electron chi connectivity index (χ4n) is 5.91.